The molecule has 3 nitrogen and oxygen atoms in total. The van der Waals surface area contributed by atoms with Crippen molar-refractivity contribution in [3.05, 3.63) is 33.7 Å². The maximum absolute atomic E-state index is 6.03. The Balaban J connectivity index is 1.85. The first-order chi connectivity index (χ1) is 9.70. The number of fused-ring (bicyclic) bond motifs is 2. The number of anilines is 1. The summed E-state index contributed by atoms with van der Waals surface area (Å²) in [6.07, 6.45) is 1.17. The van der Waals surface area contributed by atoms with Crippen molar-refractivity contribution >= 4 is 51.4 Å². The molecule has 2 aromatic heterocycles. The number of hydrogen-bond acceptors (Lipinski definition) is 4. The number of nitrogens with one attached hydrogen (secondary N) is 1. The maximum Gasteiger partial charge on any atom is 0.148 e. The van der Waals surface area contributed by atoms with Crippen molar-refractivity contribution in [1.82, 2.24) is 9.97 Å². The minimum absolute atomic E-state index is 0.617. The number of thioether (sulfide) groups is 1. The van der Waals surface area contributed by atoms with Crippen LogP contribution < -0.4 is 5.73 Å². The number of hydrogen-bond donors (Lipinski definition) is 2. The molecule has 0 unspecified atom stereocenters. The molecule has 3 N–H and O–H groups in total. The Labute approximate surface area is 129 Å². The van der Waals surface area contributed by atoms with E-state index in [1.54, 1.807) is 6.07 Å². The molecule has 4 rings (SSSR count). The molecule has 3 aromatic rings. The van der Waals surface area contributed by atoms with Crippen molar-refractivity contribution in [2.24, 2.45) is 0 Å². The van der Waals surface area contributed by atoms with E-state index in [1.807, 2.05) is 29.2 Å². The van der Waals surface area contributed by atoms with Crippen molar-refractivity contribution < 1.29 is 0 Å². The second-order valence-electron chi connectivity index (χ2n) is 4.84. The molecule has 6 heteroatoms. The number of nitrogens with two attached hydrogens (primary N) is 1. The van der Waals surface area contributed by atoms with Gasteiger partial charge in [-0.05, 0) is 35.9 Å². The predicted octanol–water partition coefficient (Wildman–Crippen LogP) is 4.32. The second kappa shape index (κ2) is 4.69. The van der Waals surface area contributed by atoms with Gasteiger partial charge in [0.05, 0.1) is 16.1 Å². The van der Waals surface area contributed by atoms with Crippen molar-refractivity contribution in [3.8, 4) is 10.7 Å². The van der Waals surface area contributed by atoms with Crippen LogP contribution in [0, 0.1) is 0 Å². The number of halogens is 1. The molecule has 1 aliphatic rings. The van der Waals surface area contributed by atoms with Crippen molar-refractivity contribution in [1.29, 1.82) is 0 Å². The number of aromatic amines is 1. The van der Waals surface area contributed by atoms with E-state index in [0.717, 1.165) is 22.6 Å². The summed E-state index contributed by atoms with van der Waals surface area (Å²) in [4.78, 5) is 10.6. The van der Waals surface area contributed by atoms with Crippen LogP contribution in [0.4, 0.5) is 5.69 Å². The summed E-state index contributed by atoms with van der Waals surface area (Å²) >= 11 is 9.86. The highest BCUT2D eigenvalue weighted by Gasteiger charge is 2.17. The molecule has 0 saturated heterocycles. The van der Waals surface area contributed by atoms with E-state index in [-0.39, 0.29) is 0 Å². The van der Waals surface area contributed by atoms with Gasteiger partial charge in [0.2, 0.25) is 0 Å². The number of aryl methyl sites for hydroxylation is 1. The van der Waals surface area contributed by atoms with Gasteiger partial charge in [0.15, 0.2) is 0 Å². The third-order valence-corrected chi connectivity index (χ3v) is 5.91. The summed E-state index contributed by atoms with van der Waals surface area (Å²) in [5, 5.41) is 0.632. The average molecular weight is 322 g/mol. The van der Waals surface area contributed by atoms with Gasteiger partial charge in [-0.2, -0.15) is 11.8 Å². The molecule has 0 bridgehead atoms. The van der Waals surface area contributed by atoms with Crippen LogP contribution in [0.3, 0.4) is 0 Å². The Morgan fingerprint density at radius 3 is 3.05 bits per heavy atom. The molecule has 0 atom stereocenters. The minimum Gasteiger partial charge on any atom is -0.397 e. The van der Waals surface area contributed by atoms with Crippen LogP contribution in [0.2, 0.25) is 5.02 Å². The predicted molar refractivity (Wildman–Crippen MR) is 88.7 cm³/mol. The lowest BCUT2D eigenvalue weighted by molar-refractivity contribution is 1.13. The molecule has 0 amide bonds. The highest BCUT2D eigenvalue weighted by Crippen LogP contribution is 2.37. The summed E-state index contributed by atoms with van der Waals surface area (Å²) < 4.78 is 0. The molecule has 20 heavy (non-hydrogen) atoms. The molecule has 1 aliphatic heterocycles. The zero-order valence-electron chi connectivity index (χ0n) is 10.6. The van der Waals surface area contributed by atoms with Crippen molar-refractivity contribution in [2.75, 3.05) is 11.5 Å². The third-order valence-electron chi connectivity index (χ3n) is 3.44. The van der Waals surface area contributed by atoms with Gasteiger partial charge in [0.1, 0.15) is 11.3 Å². The SMILES string of the molecule is Nc1cc(Cl)cc2[nH]c(-c3cc4c(s3)CCSC4)nc12. The lowest BCUT2D eigenvalue weighted by Gasteiger charge is -2.08. The van der Waals surface area contributed by atoms with Crippen LogP contribution in [-0.4, -0.2) is 15.7 Å². The van der Waals surface area contributed by atoms with Gasteiger partial charge in [-0.3, -0.25) is 0 Å². The summed E-state index contributed by atoms with van der Waals surface area (Å²) in [6, 6.07) is 5.86. The molecule has 0 fully saturated rings. The molecule has 102 valence electrons. The molecular formula is C14H12ClN3S2. The number of aromatic nitrogens is 2. The first-order valence-electron chi connectivity index (χ1n) is 6.35. The summed E-state index contributed by atoms with van der Waals surface area (Å²) in [7, 11) is 0. The normalized spacial score (nSPS) is 14.7. The number of H-pyrrole nitrogens is 1. The van der Waals surface area contributed by atoms with E-state index in [9.17, 15) is 0 Å². The van der Waals surface area contributed by atoms with Crippen LogP contribution in [0.1, 0.15) is 10.4 Å². The molecule has 0 spiro atoms. The first-order valence-corrected chi connectivity index (χ1v) is 8.70. The largest absolute Gasteiger partial charge is 0.397 e. The third kappa shape index (κ3) is 2.01. The van der Waals surface area contributed by atoms with Crippen LogP contribution in [0.25, 0.3) is 21.7 Å². The van der Waals surface area contributed by atoms with E-state index in [1.165, 1.54) is 27.5 Å². The van der Waals surface area contributed by atoms with Crippen molar-refractivity contribution in [3.63, 3.8) is 0 Å². The monoisotopic (exact) mass is 321 g/mol. The van der Waals surface area contributed by atoms with Crippen LogP contribution in [0.5, 0.6) is 0 Å². The zero-order valence-corrected chi connectivity index (χ0v) is 13.0. The van der Waals surface area contributed by atoms with Gasteiger partial charge in [0, 0.05) is 15.7 Å². The van der Waals surface area contributed by atoms with Crippen LogP contribution in [0.15, 0.2) is 18.2 Å². The first kappa shape index (κ1) is 12.6. The lowest BCUT2D eigenvalue weighted by Crippen LogP contribution is -1.96. The van der Waals surface area contributed by atoms with Gasteiger partial charge in [-0.15, -0.1) is 11.3 Å². The lowest BCUT2D eigenvalue weighted by atomic mass is 10.2. The Morgan fingerprint density at radius 1 is 1.30 bits per heavy atom. The van der Waals surface area contributed by atoms with Crippen LogP contribution in [-0.2, 0) is 12.2 Å². The van der Waals surface area contributed by atoms with E-state index in [0.29, 0.717) is 10.7 Å². The van der Waals surface area contributed by atoms with Gasteiger partial charge in [-0.25, -0.2) is 4.98 Å². The Bertz CT molecular complexity index is 783. The standard InChI is InChI=1S/C14H12ClN3S2/c15-8-4-9(16)13-10(5-8)17-14(18-13)12-3-7-6-19-2-1-11(7)20-12/h3-5H,1-2,6,16H2,(H,17,18). The van der Waals surface area contributed by atoms with Gasteiger partial charge in [0.25, 0.3) is 0 Å². The molecule has 0 aliphatic carbocycles. The zero-order chi connectivity index (χ0) is 13.7. The highest BCUT2D eigenvalue weighted by atomic mass is 35.5. The number of thiophene rings is 1. The molecule has 0 radical (unpaired) electrons. The molecule has 3 heterocycles. The number of imidazole rings is 1. The molecule has 1 aromatic carbocycles. The van der Waals surface area contributed by atoms with Gasteiger partial charge < -0.3 is 10.7 Å². The quantitative estimate of drug-likeness (QED) is 0.656. The summed E-state index contributed by atoms with van der Waals surface area (Å²) in [6.45, 7) is 0. The Hall–Kier alpha value is -1.17. The van der Waals surface area contributed by atoms with E-state index < -0.39 is 0 Å². The number of rotatable bonds is 1. The van der Waals surface area contributed by atoms with E-state index in [2.05, 4.69) is 16.0 Å². The van der Waals surface area contributed by atoms with Crippen LogP contribution >= 0.6 is 34.7 Å². The fraction of sp³-hybridized carbons (Fsp3) is 0.214. The van der Waals surface area contributed by atoms with Gasteiger partial charge >= 0.3 is 0 Å². The number of nitrogens with zero attached hydrogens (tertiary/aromatic N) is 1. The number of benzene rings is 1. The average Bonchev–Trinajstić information content (AvgIpc) is 3.01. The van der Waals surface area contributed by atoms with E-state index in [4.69, 9.17) is 17.3 Å². The highest BCUT2D eigenvalue weighted by molar-refractivity contribution is 7.98. The number of nitrogen functional groups attached to an aromatic ring is 1. The minimum atomic E-state index is 0.617. The Kier molecular flexibility index (Phi) is 2.94. The van der Waals surface area contributed by atoms with Gasteiger partial charge in [-0.1, -0.05) is 11.6 Å². The molecular weight excluding hydrogens is 310 g/mol. The van der Waals surface area contributed by atoms with Crippen molar-refractivity contribution in [2.45, 2.75) is 12.2 Å². The summed E-state index contributed by atoms with van der Waals surface area (Å²) in [5.74, 6) is 3.22. The smallest absolute Gasteiger partial charge is 0.148 e. The summed E-state index contributed by atoms with van der Waals surface area (Å²) in [5.41, 5.74) is 9.74. The fourth-order valence-electron chi connectivity index (χ4n) is 2.49. The molecule has 0 saturated carbocycles. The Morgan fingerprint density at radius 2 is 2.20 bits per heavy atom. The second-order valence-corrected chi connectivity index (χ2v) is 7.52. The fourth-order valence-corrected chi connectivity index (χ4v) is 5.03. The maximum atomic E-state index is 6.03. The topological polar surface area (TPSA) is 54.7 Å². The van der Waals surface area contributed by atoms with E-state index >= 15 is 0 Å².